The Bertz CT molecular complexity index is 924. The number of hydrogen-bond donors (Lipinski definition) is 0. The van der Waals surface area contributed by atoms with Gasteiger partial charge in [-0.1, -0.05) is 24.3 Å². The van der Waals surface area contributed by atoms with Crippen LogP contribution in [-0.4, -0.2) is 40.6 Å². The first-order valence-electron chi connectivity index (χ1n) is 8.23. The van der Waals surface area contributed by atoms with Gasteiger partial charge in [0, 0.05) is 6.54 Å². The van der Waals surface area contributed by atoms with Crippen molar-refractivity contribution in [2.24, 2.45) is 0 Å². The summed E-state index contributed by atoms with van der Waals surface area (Å²) in [5.41, 5.74) is 1.05. The number of carbonyl (C=O) groups excluding carboxylic acids is 2. The molecular formula is C19H21NO6S. The van der Waals surface area contributed by atoms with Crippen molar-refractivity contribution < 1.29 is 27.5 Å². The molecule has 0 aliphatic rings. The van der Waals surface area contributed by atoms with Gasteiger partial charge in [0.1, 0.15) is 0 Å². The van der Waals surface area contributed by atoms with Crippen LogP contribution in [0.2, 0.25) is 0 Å². The SMILES string of the molecule is CCN(c1ccccc1)S(=O)(=O)c1cc(C(=O)OCC(=O)OC)ccc1C. The van der Waals surface area contributed by atoms with E-state index in [1.807, 2.05) is 0 Å². The van der Waals surface area contributed by atoms with Gasteiger partial charge in [-0.3, -0.25) is 4.31 Å². The molecule has 2 aromatic rings. The van der Waals surface area contributed by atoms with Crippen LogP contribution in [-0.2, 0) is 24.3 Å². The van der Waals surface area contributed by atoms with E-state index in [2.05, 4.69) is 4.74 Å². The van der Waals surface area contributed by atoms with Crippen LogP contribution in [0.25, 0.3) is 0 Å². The van der Waals surface area contributed by atoms with E-state index in [-0.39, 0.29) is 17.0 Å². The quantitative estimate of drug-likeness (QED) is 0.674. The zero-order valence-electron chi connectivity index (χ0n) is 15.3. The number of ether oxygens (including phenoxy) is 2. The van der Waals surface area contributed by atoms with Crippen LogP contribution in [0.5, 0.6) is 0 Å². The normalized spacial score (nSPS) is 10.9. The van der Waals surface area contributed by atoms with Crippen LogP contribution in [0, 0.1) is 6.92 Å². The average Bonchev–Trinajstić information content (AvgIpc) is 2.67. The number of anilines is 1. The molecule has 0 saturated carbocycles. The predicted octanol–water partition coefficient (Wildman–Crippen LogP) is 2.54. The maximum Gasteiger partial charge on any atom is 0.344 e. The highest BCUT2D eigenvalue weighted by atomic mass is 32.2. The lowest BCUT2D eigenvalue weighted by Gasteiger charge is -2.24. The summed E-state index contributed by atoms with van der Waals surface area (Å²) in [6.45, 7) is 3.06. The summed E-state index contributed by atoms with van der Waals surface area (Å²) in [6, 6.07) is 12.9. The van der Waals surface area contributed by atoms with Gasteiger partial charge in [0.2, 0.25) is 0 Å². The Morgan fingerprint density at radius 3 is 2.33 bits per heavy atom. The second-order valence-corrected chi connectivity index (χ2v) is 7.47. The average molecular weight is 391 g/mol. The van der Waals surface area contributed by atoms with Crippen LogP contribution in [0.3, 0.4) is 0 Å². The second kappa shape index (κ2) is 8.68. The van der Waals surface area contributed by atoms with Crippen molar-refractivity contribution in [3.05, 3.63) is 59.7 Å². The van der Waals surface area contributed by atoms with Gasteiger partial charge in [-0.25, -0.2) is 18.0 Å². The first-order valence-corrected chi connectivity index (χ1v) is 9.67. The molecule has 0 spiro atoms. The molecule has 7 nitrogen and oxygen atoms in total. The Balaban J connectivity index is 2.39. The maximum atomic E-state index is 13.2. The smallest absolute Gasteiger partial charge is 0.344 e. The summed E-state index contributed by atoms with van der Waals surface area (Å²) in [6.07, 6.45) is 0. The highest BCUT2D eigenvalue weighted by Crippen LogP contribution is 2.26. The number of benzene rings is 2. The fraction of sp³-hybridized carbons (Fsp3) is 0.263. The fourth-order valence-electron chi connectivity index (χ4n) is 2.48. The van der Waals surface area contributed by atoms with Crippen LogP contribution in [0.4, 0.5) is 5.69 Å². The first kappa shape index (κ1) is 20.4. The molecule has 0 amide bonds. The minimum absolute atomic E-state index is 0.000668. The van der Waals surface area contributed by atoms with Gasteiger partial charge < -0.3 is 9.47 Å². The Morgan fingerprint density at radius 1 is 1.07 bits per heavy atom. The third-order valence-corrected chi connectivity index (χ3v) is 5.92. The van der Waals surface area contributed by atoms with Gasteiger partial charge in [-0.05, 0) is 43.7 Å². The molecule has 2 rings (SSSR count). The minimum Gasteiger partial charge on any atom is -0.466 e. The number of sulfonamides is 1. The molecular weight excluding hydrogens is 370 g/mol. The molecule has 27 heavy (non-hydrogen) atoms. The summed E-state index contributed by atoms with van der Waals surface area (Å²) in [7, 11) is -2.72. The second-order valence-electron chi connectivity index (χ2n) is 5.64. The zero-order valence-corrected chi connectivity index (χ0v) is 16.2. The molecule has 2 aromatic carbocycles. The van der Waals surface area contributed by atoms with Crippen LogP contribution in [0.15, 0.2) is 53.4 Å². The third kappa shape index (κ3) is 4.65. The lowest BCUT2D eigenvalue weighted by atomic mass is 10.1. The predicted molar refractivity (Wildman–Crippen MR) is 100 cm³/mol. The topological polar surface area (TPSA) is 90.0 Å². The van der Waals surface area contributed by atoms with Gasteiger partial charge in [0.25, 0.3) is 10.0 Å². The first-order chi connectivity index (χ1) is 12.8. The van der Waals surface area contributed by atoms with Crippen LogP contribution < -0.4 is 4.31 Å². The molecule has 0 unspecified atom stereocenters. The van der Waals surface area contributed by atoms with E-state index < -0.39 is 28.6 Å². The number of aryl methyl sites for hydroxylation is 1. The molecule has 8 heteroatoms. The number of para-hydroxylation sites is 1. The van der Waals surface area contributed by atoms with E-state index in [1.165, 1.54) is 29.6 Å². The Hall–Kier alpha value is -2.87. The van der Waals surface area contributed by atoms with Crippen molar-refractivity contribution in [1.29, 1.82) is 0 Å². The molecule has 0 bridgehead atoms. The Kier molecular flexibility index (Phi) is 6.57. The molecule has 0 radical (unpaired) electrons. The lowest BCUT2D eigenvalue weighted by Crippen LogP contribution is -2.31. The highest BCUT2D eigenvalue weighted by molar-refractivity contribution is 7.92. The van der Waals surface area contributed by atoms with Gasteiger partial charge in [-0.2, -0.15) is 0 Å². The number of rotatable bonds is 7. The maximum absolute atomic E-state index is 13.2. The van der Waals surface area contributed by atoms with E-state index in [4.69, 9.17) is 4.74 Å². The molecule has 0 saturated heterocycles. The summed E-state index contributed by atoms with van der Waals surface area (Å²) < 4.78 is 36.9. The monoisotopic (exact) mass is 391 g/mol. The van der Waals surface area contributed by atoms with E-state index in [1.54, 1.807) is 44.2 Å². The molecule has 0 aliphatic carbocycles. The minimum atomic E-state index is -3.89. The molecule has 0 aromatic heterocycles. The molecule has 0 heterocycles. The molecule has 0 fully saturated rings. The van der Waals surface area contributed by atoms with Crippen molar-refractivity contribution in [2.75, 3.05) is 24.6 Å². The van der Waals surface area contributed by atoms with Crippen molar-refractivity contribution in [2.45, 2.75) is 18.7 Å². The number of esters is 2. The van der Waals surface area contributed by atoms with Crippen molar-refractivity contribution in [3.63, 3.8) is 0 Å². The lowest BCUT2D eigenvalue weighted by molar-refractivity contribution is -0.144. The zero-order chi connectivity index (χ0) is 20.0. The van der Waals surface area contributed by atoms with Crippen LogP contribution >= 0.6 is 0 Å². The number of hydrogen-bond acceptors (Lipinski definition) is 6. The van der Waals surface area contributed by atoms with Crippen molar-refractivity contribution >= 4 is 27.6 Å². The number of carbonyl (C=O) groups is 2. The fourth-order valence-corrected chi connectivity index (χ4v) is 4.20. The molecule has 0 atom stereocenters. The number of methoxy groups -OCH3 is 1. The Morgan fingerprint density at radius 2 is 1.74 bits per heavy atom. The molecule has 144 valence electrons. The van der Waals surface area contributed by atoms with Crippen molar-refractivity contribution in [3.8, 4) is 0 Å². The number of nitrogens with zero attached hydrogens (tertiary/aromatic N) is 1. The summed E-state index contributed by atoms with van der Waals surface area (Å²) in [5, 5.41) is 0. The summed E-state index contributed by atoms with van der Waals surface area (Å²) in [4.78, 5) is 23.2. The molecule has 0 N–H and O–H groups in total. The Labute approximate surface area is 158 Å². The van der Waals surface area contributed by atoms with Crippen LogP contribution in [0.1, 0.15) is 22.8 Å². The summed E-state index contributed by atoms with van der Waals surface area (Å²) in [5.74, 6) is -1.51. The highest BCUT2D eigenvalue weighted by Gasteiger charge is 2.26. The largest absolute Gasteiger partial charge is 0.466 e. The third-order valence-electron chi connectivity index (χ3n) is 3.87. The van der Waals surface area contributed by atoms with Crippen molar-refractivity contribution in [1.82, 2.24) is 0 Å². The van der Waals surface area contributed by atoms with E-state index in [9.17, 15) is 18.0 Å². The van der Waals surface area contributed by atoms with Gasteiger partial charge in [0.15, 0.2) is 6.61 Å². The van der Waals surface area contributed by atoms with Gasteiger partial charge in [0.05, 0.1) is 23.3 Å². The van der Waals surface area contributed by atoms with Gasteiger partial charge in [-0.15, -0.1) is 0 Å². The summed E-state index contributed by atoms with van der Waals surface area (Å²) >= 11 is 0. The van der Waals surface area contributed by atoms with Gasteiger partial charge >= 0.3 is 11.9 Å². The van der Waals surface area contributed by atoms with E-state index in [0.29, 0.717) is 11.3 Å². The van der Waals surface area contributed by atoms with E-state index >= 15 is 0 Å². The van der Waals surface area contributed by atoms with E-state index in [0.717, 1.165) is 0 Å². The standard InChI is InChI=1S/C19H21NO6S/c1-4-20(16-8-6-5-7-9-16)27(23,24)17-12-15(11-10-14(17)2)19(22)26-13-18(21)25-3/h5-12H,4,13H2,1-3H3. The molecule has 0 aliphatic heterocycles.